The molecule has 0 spiro atoms. The number of ether oxygens (including phenoxy) is 1. The molecule has 0 unspecified atom stereocenters. The predicted octanol–water partition coefficient (Wildman–Crippen LogP) is 1.92. The first kappa shape index (κ1) is 12.6. The smallest absolute Gasteiger partial charge is 0.406 e. The Morgan fingerprint density at radius 3 is 2.25 bits per heavy atom. The lowest BCUT2D eigenvalue weighted by Gasteiger charge is -2.09. The summed E-state index contributed by atoms with van der Waals surface area (Å²) in [7, 11) is -3.77. The molecule has 0 amide bonds. The van der Waals surface area contributed by atoms with Crippen molar-refractivity contribution in [1.29, 1.82) is 0 Å². The molecule has 0 saturated heterocycles. The zero-order chi connectivity index (χ0) is 12.4. The van der Waals surface area contributed by atoms with Crippen LogP contribution in [0.1, 0.15) is 0 Å². The second-order valence-corrected chi connectivity index (χ2v) is 4.39. The van der Waals surface area contributed by atoms with Gasteiger partial charge in [0.05, 0.1) is 6.26 Å². The van der Waals surface area contributed by atoms with Crippen LogP contribution < -0.4 is 8.92 Å². The number of hydrogen-bond donors (Lipinski definition) is 0. The second-order valence-electron chi connectivity index (χ2n) is 2.81. The summed E-state index contributed by atoms with van der Waals surface area (Å²) in [4.78, 5) is 0. The van der Waals surface area contributed by atoms with Gasteiger partial charge in [0.1, 0.15) is 11.5 Å². The minimum Gasteiger partial charge on any atom is -0.406 e. The van der Waals surface area contributed by atoms with Gasteiger partial charge in [-0.2, -0.15) is 8.42 Å². The maximum atomic E-state index is 11.8. The average molecular weight is 256 g/mol. The fraction of sp³-hybridized carbons (Fsp3) is 0.250. The molecule has 0 aromatic heterocycles. The van der Waals surface area contributed by atoms with Gasteiger partial charge in [0.25, 0.3) is 0 Å². The van der Waals surface area contributed by atoms with Crippen molar-refractivity contribution in [1.82, 2.24) is 0 Å². The Kier molecular flexibility index (Phi) is 3.32. The number of hydrogen-bond acceptors (Lipinski definition) is 4. The SMILES string of the molecule is CS(=O)(=O)Oc1cccc(OC(F)(F)F)c1. The summed E-state index contributed by atoms with van der Waals surface area (Å²) in [5.74, 6) is -0.794. The Hall–Kier alpha value is -1.44. The van der Waals surface area contributed by atoms with Crippen molar-refractivity contribution in [2.75, 3.05) is 6.26 Å². The van der Waals surface area contributed by atoms with E-state index in [2.05, 4.69) is 8.92 Å². The van der Waals surface area contributed by atoms with Gasteiger partial charge in [0.2, 0.25) is 0 Å². The molecule has 0 saturated carbocycles. The number of benzene rings is 1. The van der Waals surface area contributed by atoms with E-state index < -0.39 is 22.2 Å². The summed E-state index contributed by atoms with van der Waals surface area (Å²) in [5.41, 5.74) is 0. The van der Waals surface area contributed by atoms with E-state index in [1.54, 1.807) is 0 Å². The van der Waals surface area contributed by atoms with Crippen LogP contribution in [-0.4, -0.2) is 21.0 Å². The molecule has 0 radical (unpaired) electrons. The Balaban J connectivity index is 2.88. The summed E-state index contributed by atoms with van der Waals surface area (Å²) in [6, 6.07) is 4.24. The lowest BCUT2D eigenvalue weighted by atomic mass is 10.3. The highest BCUT2D eigenvalue weighted by atomic mass is 32.2. The van der Waals surface area contributed by atoms with E-state index in [0.29, 0.717) is 0 Å². The molecule has 0 aliphatic rings. The molecule has 0 heterocycles. The Morgan fingerprint density at radius 1 is 1.19 bits per heavy atom. The van der Waals surface area contributed by atoms with Crippen molar-refractivity contribution < 1.29 is 30.5 Å². The molecule has 0 aliphatic carbocycles. The van der Waals surface area contributed by atoms with Crippen LogP contribution in [-0.2, 0) is 10.1 Å². The fourth-order valence-corrected chi connectivity index (χ4v) is 1.35. The number of alkyl halides is 3. The molecule has 8 heteroatoms. The van der Waals surface area contributed by atoms with E-state index in [4.69, 9.17) is 0 Å². The largest absolute Gasteiger partial charge is 0.573 e. The van der Waals surface area contributed by atoms with Crippen LogP contribution in [0.3, 0.4) is 0 Å². The second kappa shape index (κ2) is 4.20. The molecule has 90 valence electrons. The normalized spacial score (nSPS) is 12.2. The van der Waals surface area contributed by atoms with Crippen LogP contribution in [0.5, 0.6) is 11.5 Å². The van der Waals surface area contributed by atoms with E-state index in [0.717, 1.165) is 18.4 Å². The Morgan fingerprint density at radius 2 is 1.75 bits per heavy atom. The molecule has 1 rings (SSSR count). The molecule has 0 aliphatic heterocycles. The van der Waals surface area contributed by atoms with Crippen molar-refractivity contribution in [2.24, 2.45) is 0 Å². The average Bonchev–Trinajstić information content (AvgIpc) is 1.96. The first-order valence-electron chi connectivity index (χ1n) is 3.91. The minimum absolute atomic E-state index is 0.246. The Labute approximate surface area is 89.7 Å². The maximum absolute atomic E-state index is 11.8. The van der Waals surface area contributed by atoms with Crippen molar-refractivity contribution in [3.63, 3.8) is 0 Å². The number of rotatable bonds is 3. The van der Waals surface area contributed by atoms with Gasteiger partial charge in [-0.3, -0.25) is 0 Å². The summed E-state index contributed by atoms with van der Waals surface area (Å²) >= 11 is 0. The Bertz CT molecular complexity index is 466. The topological polar surface area (TPSA) is 52.6 Å². The standard InChI is InChI=1S/C8H7F3O4S/c1-16(12,13)15-7-4-2-3-6(5-7)14-8(9,10)11/h2-5H,1H3. The third-order valence-electron chi connectivity index (χ3n) is 1.29. The first-order valence-corrected chi connectivity index (χ1v) is 5.73. The van der Waals surface area contributed by atoms with Gasteiger partial charge in [0, 0.05) is 6.07 Å². The molecule has 0 atom stereocenters. The van der Waals surface area contributed by atoms with E-state index >= 15 is 0 Å². The molecule has 1 aromatic rings. The van der Waals surface area contributed by atoms with Gasteiger partial charge in [-0.05, 0) is 12.1 Å². The van der Waals surface area contributed by atoms with E-state index in [1.165, 1.54) is 12.1 Å². The van der Waals surface area contributed by atoms with E-state index in [9.17, 15) is 21.6 Å². The van der Waals surface area contributed by atoms with Crippen molar-refractivity contribution in [3.8, 4) is 11.5 Å². The van der Waals surface area contributed by atoms with Crippen LogP contribution in [0.25, 0.3) is 0 Å². The van der Waals surface area contributed by atoms with Crippen LogP contribution in [0.2, 0.25) is 0 Å². The molecule has 4 nitrogen and oxygen atoms in total. The third kappa shape index (κ3) is 4.87. The molecule has 1 aromatic carbocycles. The molecular weight excluding hydrogens is 249 g/mol. The molecule has 0 bridgehead atoms. The monoisotopic (exact) mass is 256 g/mol. The van der Waals surface area contributed by atoms with Crippen LogP contribution >= 0.6 is 0 Å². The van der Waals surface area contributed by atoms with Gasteiger partial charge >= 0.3 is 16.5 Å². The minimum atomic E-state index is -4.83. The maximum Gasteiger partial charge on any atom is 0.573 e. The van der Waals surface area contributed by atoms with E-state index in [1.807, 2.05) is 0 Å². The van der Waals surface area contributed by atoms with Gasteiger partial charge in [-0.25, -0.2) is 0 Å². The summed E-state index contributed by atoms with van der Waals surface area (Å²) in [5, 5.41) is 0. The first-order chi connectivity index (χ1) is 7.16. The number of halogens is 3. The quantitative estimate of drug-likeness (QED) is 0.775. The molecular formula is C8H7F3O4S. The predicted molar refractivity (Wildman–Crippen MR) is 48.6 cm³/mol. The van der Waals surface area contributed by atoms with Crippen molar-refractivity contribution in [2.45, 2.75) is 6.36 Å². The zero-order valence-electron chi connectivity index (χ0n) is 7.98. The summed E-state index contributed by atoms with van der Waals surface area (Å²) < 4.78 is 64.9. The molecule has 0 fully saturated rings. The van der Waals surface area contributed by atoms with Crippen LogP contribution in [0.15, 0.2) is 24.3 Å². The van der Waals surface area contributed by atoms with Crippen LogP contribution in [0.4, 0.5) is 13.2 Å². The third-order valence-corrected chi connectivity index (χ3v) is 1.78. The zero-order valence-corrected chi connectivity index (χ0v) is 8.80. The van der Waals surface area contributed by atoms with Gasteiger partial charge in [0.15, 0.2) is 0 Å². The van der Waals surface area contributed by atoms with Crippen molar-refractivity contribution >= 4 is 10.1 Å². The highest BCUT2D eigenvalue weighted by molar-refractivity contribution is 7.86. The van der Waals surface area contributed by atoms with E-state index in [-0.39, 0.29) is 5.75 Å². The van der Waals surface area contributed by atoms with Crippen molar-refractivity contribution in [3.05, 3.63) is 24.3 Å². The fourth-order valence-electron chi connectivity index (χ4n) is 0.898. The lowest BCUT2D eigenvalue weighted by molar-refractivity contribution is -0.274. The summed E-state index contributed by atoms with van der Waals surface area (Å²) in [6.45, 7) is 0. The highest BCUT2D eigenvalue weighted by Gasteiger charge is 2.31. The van der Waals surface area contributed by atoms with Gasteiger partial charge < -0.3 is 8.92 Å². The summed E-state index contributed by atoms with van der Waals surface area (Å²) in [6.07, 6.45) is -4.05. The molecule has 16 heavy (non-hydrogen) atoms. The van der Waals surface area contributed by atoms with Crippen LogP contribution in [0, 0.1) is 0 Å². The highest BCUT2D eigenvalue weighted by Crippen LogP contribution is 2.26. The lowest BCUT2D eigenvalue weighted by Crippen LogP contribution is -2.17. The van der Waals surface area contributed by atoms with Gasteiger partial charge in [-0.1, -0.05) is 6.07 Å². The van der Waals surface area contributed by atoms with Gasteiger partial charge in [-0.15, -0.1) is 13.2 Å². The molecule has 0 N–H and O–H groups in total.